The second-order valence-corrected chi connectivity index (χ2v) is 5.35. The summed E-state index contributed by atoms with van der Waals surface area (Å²) in [5.41, 5.74) is 0. The van der Waals surface area contributed by atoms with Gasteiger partial charge >= 0.3 is 0 Å². The Bertz CT molecular complexity index is 303. The summed E-state index contributed by atoms with van der Waals surface area (Å²) < 4.78 is 0.932. The lowest BCUT2D eigenvalue weighted by molar-refractivity contribution is 0.897. The van der Waals surface area contributed by atoms with Crippen LogP contribution in [-0.4, -0.2) is 34.6 Å². The van der Waals surface area contributed by atoms with Crippen LogP contribution >= 0.6 is 27.7 Å². The number of thioether (sulfide) groups is 1. The largest absolute Gasteiger partial charge is 0.340 e. The predicted octanol–water partition coefficient (Wildman–Crippen LogP) is 2.18. The Kier molecular flexibility index (Phi) is 3.28. The summed E-state index contributed by atoms with van der Waals surface area (Å²) in [6.45, 7) is 2.15. The van der Waals surface area contributed by atoms with E-state index in [-0.39, 0.29) is 0 Å². The van der Waals surface area contributed by atoms with Crippen molar-refractivity contribution in [2.24, 2.45) is 0 Å². The lowest BCUT2D eigenvalue weighted by Gasteiger charge is -2.15. The Morgan fingerprint density at radius 3 is 2.79 bits per heavy atom. The minimum Gasteiger partial charge on any atom is -0.340 e. The first-order valence-corrected chi connectivity index (χ1v) is 6.63. The molecule has 0 spiro atoms. The van der Waals surface area contributed by atoms with Gasteiger partial charge in [0.05, 0.1) is 4.47 Å². The molecule has 2 rings (SSSR count). The zero-order chi connectivity index (χ0) is 9.97. The van der Waals surface area contributed by atoms with Gasteiger partial charge in [-0.25, -0.2) is 9.97 Å². The van der Waals surface area contributed by atoms with Crippen LogP contribution in [-0.2, 0) is 0 Å². The van der Waals surface area contributed by atoms with E-state index in [1.807, 2.05) is 11.8 Å². The lowest BCUT2D eigenvalue weighted by atomic mass is 10.4. The molecule has 0 saturated carbocycles. The first-order valence-electron chi connectivity index (χ1n) is 4.55. The molecule has 1 aliphatic rings. The fourth-order valence-electron chi connectivity index (χ4n) is 1.57. The Hall–Kier alpha value is -0.290. The number of halogens is 1. The highest BCUT2D eigenvalue weighted by Gasteiger charge is 2.23. The molecule has 0 bridgehead atoms. The molecule has 0 amide bonds. The van der Waals surface area contributed by atoms with Gasteiger partial charge in [0, 0.05) is 30.7 Å². The quantitative estimate of drug-likeness (QED) is 0.826. The molecule has 1 aliphatic heterocycles. The zero-order valence-corrected chi connectivity index (χ0v) is 10.4. The third-order valence-electron chi connectivity index (χ3n) is 2.37. The van der Waals surface area contributed by atoms with Crippen molar-refractivity contribution in [3.63, 3.8) is 0 Å². The monoisotopic (exact) mass is 273 g/mol. The first-order chi connectivity index (χ1) is 6.79. The molecule has 2 heterocycles. The normalized spacial score (nSPS) is 21.6. The van der Waals surface area contributed by atoms with Crippen molar-refractivity contribution >= 4 is 33.6 Å². The minimum atomic E-state index is 0.738. The van der Waals surface area contributed by atoms with Crippen LogP contribution in [0.1, 0.15) is 6.42 Å². The van der Waals surface area contributed by atoms with Gasteiger partial charge in [-0.05, 0) is 28.6 Å². The van der Waals surface area contributed by atoms with Gasteiger partial charge in [-0.1, -0.05) is 0 Å². The molecular formula is C9H12BrN3S. The van der Waals surface area contributed by atoms with Crippen molar-refractivity contribution in [2.75, 3.05) is 24.2 Å². The number of hydrogen-bond donors (Lipinski definition) is 0. The van der Waals surface area contributed by atoms with Crippen LogP contribution in [0.5, 0.6) is 0 Å². The van der Waals surface area contributed by atoms with Crippen molar-refractivity contribution < 1.29 is 0 Å². The highest BCUT2D eigenvalue weighted by atomic mass is 79.9. The van der Waals surface area contributed by atoms with E-state index in [0.29, 0.717) is 0 Å². The van der Waals surface area contributed by atoms with E-state index in [4.69, 9.17) is 0 Å². The molecule has 76 valence electrons. The van der Waals surface area contributed by atoms with Crippen LogP contribution in [0.25, 0.3) is 0 Å². The maximum Gasteiger partial charge on any atom is 0.225 e. The summed E-state index contributed by atoms with van der Waals surface area (Å²) >= 11 is 5.26. The third kappa shape index (κ3) is 2.20. The van der Waals surface area contributed by atoms with Gasteiger partial charge in [0.2, 0.25) is 5.95 Å². The van der Waals surface area contributed by atoms with Crippen molar-refractivity contribution in [1.82, 2.24) is 9.97 Å². The van der Waals surface area contributed by atoms with Crippen LogP contribution in [0.2, 0.25) is 0 Å². The molecule has 1 atom stereocenters. The van der Waals surface area contributed by atoms with Gasteiger partial charge < -0.3 is 4.90 Å². The fourth-order valence-corrected chi connectivity index (χ4v) is 2.45. The molecule has 1 saturated heterocycles. The van der Waals surface area contributed by atoms with Crippen molar-refractivity contribution in [2.45, 2.75) is 11.7 Å². The molecule has 0 N–H and O–H groups in total. The van der Waals surface area contributed by atoms with Gasteiger partial charge in [0.25, 0.3) is 0 Å². The highest BCUT2D eigenvalue weighted by molar-refractivity contribution is 9.10. The van der Waals surface area contributed by atoms with Gasteiger partial charge in [-0.2, -0.15) is 11.8 Å². The van der Waals surface area contributed by atoms with Crippen molar-refractivity contribution in [3.05, 3.63) is 16.9 Å². The average Bonchev–Trinajstić information content (AvgIpc) is 2.67. The summed E-state index contributed by atoms with van der Waals surface area (Å²) in [5.74, 6) is 0.852. The van der Waals surface area contributed by atoms with E-state index in [1.54, 1.807) is 12.4 Å². The molecule has 0 radical (unpaired) electrons. The standard InChI is InChI=1S/C9H12BrN3S/c1-14-8-2-3-13(6-8)9-11-4-7(10)5-12-9/h4-5,8H,2-3,6H2,1H3/t8-/m1/s1. The van der Waals surface area contributed by atoms with Gasteiger partial charge in [-0.3, -0.25) is 0 Å². The molecule has 0 aromatic carbocycles. The molecule has 1 aromatic heterocycles. The maximum atomic E-state index is 4.29. The van der Waals surface area contributed by atoms with Crippen molar-refractivity contribution in [1.29, 1.82) is 0 Å². The Balaban J connectivity index is 2.06. The molecular weight excluding hydrogens is 262 g/mol. The first kappa shape index (κ1) is 10.2. The molecule has 0 aliphatic carbocycles. The van der Waals surface area contributed by atoms with Crippen LogP contribution < -0.4 is 4.90 Å². The van der Waals surface area contributed by atoms with Crippen LogP contribution in [0.3, 0.4) is 0 Å². The Morgan fingerprint density at radius 1 is 1.50 bits per heavy atom. The van der Waals surface area contributed by atoms with Gasteiger partial charge in [-0.15, -0.1) is 0 Å². The van der Waals surface area contributed by atoms with Crippen LogP contribution in [0.15, 0.2) is 16.9 Å². The topological polar surface area (TPSA) is 29.0 Å². The summed E-state index contributed by atoms with van der Waals surface area (Å²) in [5, 5.41) is 0.738. The Morgan fingerprint density at radius 2 is 2.21 bits per heavy atom. The number of hydrogen-bond acceptors (Lipinski definition) is 4. The van der Waals surface area contributed by atoms with E-state index < -0.39 is 0 Å². The highest BCUT2D eigenvalue weighted by Crippen LogP contribution is 2.23. The summed E-state index contributed by atoms with van der Waals surface area (Å²) in [6.07, 6.45) is 7.00. The zero-order valence-electron chi connectivity index (χ0n) is 7.98. The lowest BCUT2D eigenvalue weighted by Crippen LogP contribution is -2.22. The second kappa shape index (κ2) is 4.49. The number of nitrogens with zero attached hydrogens (tertiary/aromatic N) is 3. The van der Waals surface area contributed by atoms with E-state index in [1.165, 1.54) is 6.42 Å². The summed E-state index contributed by atoms with van der Waals surface area (Å²) in [4.78, 5) is 10.8. The minimum absolute atomic E-state index is 0.738. The van der Waals surface area contributed by atoms with E-state index in [2.05, 4.69) is 37.1 Å². The summed E-state index contributed by atoms with van der Waals surface area (Å²) in [6, 6.07) is 0. The van der Waals surface area contributed by atoms with Gasteiger partial charge in [0.1, 0.15) is 0 Å². The number of anilines is 1. The van der Waals surface area contributed by atoms with Crippen LogP contribution in [0, 0.1) is 0 Å². The molecule has 14 heavy (non-hydrogen) atoms. The number of rotatable bonds is 2. The molecule has 1 fully saturated rings. The average molecular weight is 274 g/mol. The van der Waals surface area contributed by atoms with Crippen molar-refractivity contribution in [3.8, 4) is 0 Å². The van der Waals surface area contributed by atoms with E-state index >= 15 is 0 Å². The second-order valence-electron chi connectivity index (χ2n) is 3.29. The molecule has 1 aromatic rings. The summed E-state index contributed by atoms with van der Waals surface area (Å²) in [7, 11) is 0. The number of aromatic nitrogens is 2. The van der Waals surface area contributed by atoms with E-state index in [0.717, 1.165) is 28.8 Å². The SMILES string of the molecule is CS[C@@H]1CCN(c2ncc(Br)cn2)C1. The smallest absolute Gasteiger partial charge is 0.225 e. The van der Waals surface area contributed by atoms with E-state index in [9.17, 15) is 0 Å². The van der Waals surface area contributed by atoms with Crippen LogP contribution in [0.4, 0.5) is 5.95 Å². The molecule has 0 unspecified atom stereocenters. The Labute approximate surface area is 96.4 Å². The fraction of sp³-hybridized carbons (Fsp3) is 0.556. The molecule has 5 heteroatoms. The molecule has 3 nitrogen and oxygen atoms in total. The maximum absolute atomic E-state index is 4.29. The van der Waals surface area contributed by atoms with Gasteiger partial charge in [0.15, 0.2) is 0 Å². The third-order valence-corrected chi connectivity index (χ3v) is 3.83. The predicted molar refractivity (Wildman–Crippen MR) is 63.9 cm³/mol.